The molecule has 2 fully saturated rings. The number of likely N-dealkylation sites (tertiary alicyclic amines) is 2. The zero-order valence-electron chi connectivity index (χ0n) is 25.2. The number of amides is 4. The maximum absolute atomic E-state index is 13.0. The molecule has 1 aliphatic carbocycles. The normalized spacial score (nSPS) is 21.5. The summed E-state index contributed by atoms with van der Waals surface area (Å²) in [5.41, 5.74) is 3.40. The molecule has 3 heterocycles. The number of nitrogens with zero attached hydrogens (tertiary/aromatic N) is 3. The van der Waals surface area contributed by atoms with Crippen LogP contribution in [0.5, 0.6) is 0 Å². The summed E-state index contributed by atoms with van der Waals surface area (Å²) in [4.78, 5) is 54.4. The van der Waals surface area contributed by atoms with E-state index in [1.807, 2.05) is 54.8 Å². The van der Waals surface area contributed by atoms with Gasteiger partial charge in [-0.3, -0.25) is 19.2 Å². The molecule has 1 unspecified atom stereocenters. The van der Waals surface area contributed by atoms with Gasteiger partial charge in [0, 0.05) is 24.8 Å². The van der Waals surface area contributed by atoms with Gasteiger partial charge in [-0.05, 0) is 68.6 Å². The van der Waals surface area contributed by atoms with Crippen LogP contribution >= 0.6 is 11.8 Å². The van der Waals surface area contributed by atoms with Crippen LogP contribution in [0.3, 0.4) is 0 Å². The molecular weight excluding hydrogens is 578 g/mol. The highest BCUT2D eigenvalue weighted by molar-refractivity contribution is 7.99. The zero-order valence-corrected chi connectivity index (χ0v) is 26.0. The molecule has 1 aromatic heterocycles. The highest BCUT2D eigenvalue weighted by Gasteiger charge is 2.35. The molecule has 1 aromatic carbocycles. The predicted octanol–water partition coefficient (Wildman–Crippen LogP) is 3.89. The minimum Gasteiger partial charge on any atom is -0.361 e. The number of allylic oxidation sites excluding steroid dienone is 3. The Labute approximate surface area is 262 Å². The summed E-state index contributed by atoms with van der Waals surface area (Å²) in [7, 11) is 0. The highest BCUT2D eigenvalue weighted by atomic mass is 32.2. The molecule has 2 saturated heterocycles. The summed E-state index contributed by atoms with van der Waals surface area (Å²) in [6, 6.07) is 8.30. The fourth-order valence-electron chi connectivity index (χ4n) is 5.87. The van der Waals surface area contributed by atoms with E-state index in [1.165, 1.54) is 11.8 Å². The van der Waals surface area contributed by atoms with Crippen molar-refractivity contribution in [3.05, 3.63) is 77.2 Å². The molecule has 0 saturated carbocycles. The minimum atomic E-state index is -0.510. The number of hydrogen-bond donors (Lipinski definition) is 2. The Morgan fingerprint density at radius 3 is 2.34 bits per heavy atom. The first kappa shape index (κ1) is 31.3. The van der Waals surface area contributed by atoms with Gasteiger partial charge in [0.05, 0.1) is 23.9 Å². The maximum atomic E-state index is 13.0. The second-order valence-electron chi connectivity index (χ2n) is 11.4. The first-order valence-electron chi connectivity index (χ1n) is 15.1. The van der Waals surface area contributed by atoms with Crippen LogP contribution in [0.2, 0.25) is 0 Å². The molecule has 0 radical (unpaired) electrons. The van der Waals surface area contributed by atoms with Gasteiger partial charge < -0.3 is 25.0 Å². The molecule has 5 rings (SSSR count). The van der Waals surface area contributed by atoms with Crippen LogP contribution in [0.4, 0.5) is 5.69 Å². The molecule has 0 spiro atoms. The Balaban J connectivity index is 1.08. The van der Waals surface area contributed by atoms with Crippen molar-refractivity contribution in [2.75, 3.05) is 30.4 Å². The maximum Gasteiger partial charge on any atom is 0.247 e. The van der Waals surface area contributed by atoms with Crippen molar-refractivity contribution in [3.8, 4) is 0 Å². The lowest BCUT2D eigenvalue weighted by Gasteiger charge is -2.26. The van der Waals surface area contributed by atoms with Crippen LogP contribution in [-0.2, 0) is 25.6 Å². The van der Waals surface area contributed by atoms with Crippen molar-refractivity contribution in [1.82, 2.24) is 20.3 Å². The second-order valence-corrected chi connectivity index (χ2v) is 12.3. The van der Waals surface area contributed by atoms with Crippen molar-refractivity contribution in [1.29, 1.82) is 0 Å². The Hall–Kier alpha value is -4.12. The van der Waals surface area contributed by atoms with E-state index < -0.39 is 6.04 Å². The Bertz CT molecular complexity index is 1460. The number of thioether (sulfide) groups is 1. The number of nitrogens with one attached hydrogen (secondary N) is 2. The van der Waals surface area contributed by atoms with Crippen LogP contribution in [0.25, 0.3) is 6.08 Å². The number of carbonyl (C=O) groups excluding carboxylic acids is 4. The third kappa shape index (κ3) is 7.88. The minimum absolute atomic E-state index is 0.0271. The summed E-state index contributed by atoms with van der Waals surface area (Å²) in [6.45, 7) is 2.99. The number of anilines is 1. The number of aromatic nitrogens is 1. The van der Waals surface area contributed by atoms with E-state index in [2.05, 4.69) is 21.9 Å². The molecule has 44 heavy (non-hydrogen) atoms. The molecule has 232 valence electrons. The molecule has 2 aromatic rings. The molecule has 3 aliphatic rings. The van der Waals surface area contributed by atoms with Crippen LogP contribution in [0.1, 0.15) is 49.1 Å². The van der Waals surface area contributed by atoms with Crippen molar-refractivity contribution >= 4 is 47.2 Å². The van der Waals surface area contributed by atoms with Gasteiger partial charge >= 0.3 is 0 Å². The Morgan fingerprint density at radius 2 is 1.70 bits per heavy atom. The summed E-state index contributed by atoms with van der Waals surface area (Å²) in [5, 5.41) is 9.87. The van der Waals surface area contributed by atoms with E-state index in [1.54, 1.807) is 22.8 Å². The van der Waals surface area contributed by atoms with Gasteiger partial charge in [-0.25, -0.2) is 0 Å². The van der Waals surface area contributed by atoms with Gasteiger partial charge in [0.15, 0.2) is 0 Å². The summed E-state index contributed by atoms with van der Waals surface area (Å²) < 4.78 is 5.17. The lowest BCUT2D eigenvalue weighted by atomic mass is 10.0. The van der Waals surface area contributed by atoms with E-state index in [-0.39, 0.29) is 42.1 Å². The molecular formula is C33H39N5O5S. The fraction of sp³-hybridized carbons (Fsp3) is 0.424. The number of benzene rings is 1. The largest absolute Gasteiger partial charge is 0.361 e. The molecule has 2 N–H and O–H groups in total. The standard InChI is InChI=1S/C33H39N5O5S/c1-22-19-27(43-36-22)20-30(39)37-17-3-5-28(37)32(41)34-25-13-9-23(10-14-25)7-8-24-11-15-26(16-12-24)35-33(42)29-6-4-18-38(29)31(40)21-44-2/h7-15,19,26,28-29H,3-6,16-18,20-21H2,1-2H3,(H,34,41)(H,35,42)/b8-7+/t26?,28-,29-/m0/s1. The Morgan fingerprint density at radius 1 is 1.00 bits per heavy atom. The lowest BCUT2D eigenvalue weighted by Crippen LogP contribution is -2.49. The van der Waals surface area contributed by atoms with E-state index in [0.717, 1.165) is 29.7 Å². The van der Waals surface area contributed by atoms with Crippen molar-refractivity contribution in [2.45, 2.75) is 63.6 Å². The average molecular weight is 618 g/mol. The van der Waals surface area contributed by atoms with Crippen molar-refractivity contribution in [2.24, 2.45) is 0 Å². The Kier molecular flexibility index (Phi) is 10.4. The molecule has 11 heteroatoms. The first-order valence-corrected chi connectivity index (χ1v) is 16.5. The lowest BCUT2D eigenvalue weighted by molar-refractivity contribution is -0.136. The van der Waals surface area contributed by atoms with Gasteiger partial charge in [-0.2, -0.15) is 11.8 Å². The molecule has 4 amide bonds. The molecule has 10 nitrogen and oxygen atoms in total. The number of aryl methyl sites for hydroxylation is 1. The average Bonchev–Trinajstić information content (AvgIpc) is 3.79. The van der Waals surface area contributed by atoms with E-state index in [0.29, 0.717) is 49.6 Å². The summed E-state index contributed by atoms with van der Waals surface area (Å²) in [5.74, 6) is 0.506. The van der Waals surface area contributed by atoms with E-state index in [4.69, 9.17) is 4.52 Å². The van der Waals surface area contributed by atoms with E-state index >= 15 is 0 Å². The van der Waals surface area contributed by atoms with Gasteiger partial charge in [-0.1, -0.05) is 47.7 Å². The number of rotatable bonds is 10. The van der Waals surface area contributed by atoms with Crippen LogP contribution in [-0.4, -0.2) is 81.8 Å². The quantitative estimate of drug-likeness (QED) is 0.415. The monoisotopic (exact) mass is 617 g/mol. The number of hydrogen-bond acceptors (Lipinski definition) is 7. The predicted molar refractivity (Wildman–Crippen MR) is 171 cm³/mol. The SMILES string of the molecule is CSCC(=O)N1CCC[C@H]1C(=O)NC1C=CC(/C=C/c2ccc(NC(=O)[C@@H]3CCCN3C(=O)Cc3cc(C)no3)cc2)=CC1. The third-order valence-corrected chi connectivity index (χ3v) is 8.66. The molecule has 0 bridgehead atoms. The smallest absolute Gasteiger partial charge is 0.247 e. The van der Waals surface area contributed by atoms with Crippen LogP contribution in [0, 0.1) is 6.92 Å². The van der Waals surface area contributed by atoms with Gasteiger partial charge in [0.25, 0.3) is 0 Å². The van der Waals surface area contributed by atoms with Gasteiger partial charge in [0.1, 0.15) is 17.8 Å². The molecule has 2 aliphatic heterocycles. The fourth-order valence-corrected chi connectivity index (χ4v) is 6.29. The van der Waals surface area contributed by atoms with Gasteiger partial charge in [-0.15, -0.1) is 0 Å². The first-order chi connectivity index (χ1) is 21.3. The molecule has 3 atom stereocenters. The second kappa shape index (κ2) is 14.6. The zero-order chi connectivity index (χ0) is 31.1. The van der Waals surface area contributed by atoms with Crippen LogP contribution < -0.4 is 10.6 Å². The van der Waals surface area contributed by atoms with Gasteiger partial charge in [0.2, 0.25) is 23.6 Å². The van der Waals surface area contributed by atoms with E-state index in [9.17, 15) is 19.2 Å². The third-order valence-electron chi connectivity index (χ3n) is 8.12. The van der Waals surface area contributed by atoms with Crippen molar-refractivity contribution < 1.29 is 23.7 Å². The van der Waals surface area contributed by atoms with Crippen molar-refractivity contribution in [3.63, 3.8) is 0 Å². The van der Waals surface area contributed by atoms with Crippen LogP contribution in [0.15, 0.2) is 64.7 Å². The highest BCUT2D eigenvalue weighted by Crippen LogP contribution is 2.23. The summed E-state index contributed by atoms with van der Waals surface area (Å²) in [6.07, 6.45) is 15.7. The summed E-state index contributed by atoms with van der Waals surface area (Å²) >= 11 is 1.48. The topological polar surface area (TPSA) is 125 Å². The number of carbonyl (C=O) groups is 4.